The van der Waals surface area contributed by atoms with Gasteiger partial charge in [0.05, 0.1) is 12.1 Å². The third kappa shape index (κ3) is 5.64. The van der Waals surface area contributed by atoms with Crippen LogP contribution >= 0.6 is 0 Å². The zero-order valence-electron chi connectivity index (χ0n) is 19.9. The lowest BCUT2D eigenvalue weighted by molar-refractivity contribution is -0.113. The van der Waals surface area contributed by atoms with Gasteiger partial charge in [0.2, 0.25) is 0 Å². The highest BCUT2D eigenvalue weighted by molar-refractivity contribution is 5.80. The molecule has 3 atom stereocenters. The molecule has 1 saturated carbocycles. The molecular formula is C24H38N6O. The molecule has 3 rings (SSSR count). The molecule has 0 amide bonds. The molecule has 0 saturated heterocycles. The summed E-state index contributed by atoms with van der Waals surface area (Å²) in [5.74, 6) is 2.53. The number of rotatable bonds is 9. The van der Waals surface area contributed by atoms with Crippen molar-refractivity contribution in [1.82, 2.24) is 25.4 Å². The van der Waals surface area contributed by atoms with Crippen molar-refractivity contribution >= 4 is 5.96 Å². The van der Waals surface area contributed by atoms with E-state index in [2.05, 4.69) is 72.8 Å². The second-order valence-electron chi connectivity index (χ2n) is 9.13. The Bertz CT molecular complexity index is 860. The van der Waals surface area contributed by atoms with Gasteiger partial charge in [0, 0.05) is 25.1 Å². The largest absolute Gasteiger partial charge is 0.378 e. The third-order valence-corrected chi connectivity index (χ3v) is 6.52. The topological polar surface area (TPSA) is 76.4 Å². The molecule has 1 aliphatic rings. The van der Waals surface area contributed by atoms with Crippen LogP contribution in [0.2, 0.25) is 0 Å². The van der Waals surface area contributed by atoms with Gasteiger partial charge in [0.1, 0.15) is 12.4 Å². The van der Waals surface area contributed by atoms with E-state index in [4.69, 9.17) is 9.73 Å². The normalized spacial score (nSPS) is 21.4. The van der Waals surface area contributed by atoms with Gasteiger partial charge in [-0.25, -0.2) is 4.99 Å². The number of aliphatic imine (C=N–C) groups is 1. The first kappa shape index (κ1) is 23.3. The number of benzene rings is 1. The van der Waals surface area contributed by atoms with Gasteiger partial charge in [-0.05, 0) is 32.3 Å². The van der Waals surface area contributed by atoms with E-state index in [1.54, 1.807) is 0 Å². The molecule has 0 bridgehead atoms. The van der Waals surface area contributed by atoms with Crippen molar-refractivity contribution in [2.45, 2.75) is 78.6 Å². The summed E-state index contributed by atoms with van der Waals surface area (Å²) in [4.78, 5) is 4.85. The van der Waals surface area contributed by atoms with Crippen LogP contribution in [-0.4, -0.2) is 39.5 Å². The molecular weight excluding hydrogens is 388 g/mol. The Hall–Kier alpha value is -2.41. The molecule has 31 heavy (non-hydrogen) atoms. The average Bonchev–Trinajstić information content (AvgIpc) is 3.08. The predicted octanol–water partition coefficient (Wildman–Crippen LogP) is 3.90. The van der Waals surface area contributed by atoms with Gasteiger partial charge >= 0.3 is 0 Å². The number of aromatic nitrogens is 3. The van der Waals surface area contributed by atoms with E-state index in [1.165, 1.54) is 5.56 Å². The molecule has 7 heteroatoms. The van der Waals surface area contributed by atoms with Crippen molar-refractivity contribution in [3.63, 3.8) is 0 Å². The van der Waals surface area contributed by atoms with Crippen LogP contribution in [0.5, 0.6) is 0 Å². The molecule has 1 aromatic heterocycles. The average molecular weight is 427 g/mol. The van der Waals surface area contributed by atoms with Crippen molar-refractivity contribution in [2.75, 3.05) is 6.61 Å². The minimum Gasteiger partial charge on any atom is -0.378 e. The van der Waals surface area contributed by atoms with Gasteiger partial charge in [-0.15, -0.1) is 10.2 Å². The number of hydrogen-bond acceptors (Lipinski definition) is 4. The lowest BCUT2D eigenvalue weighted by Crippen LogP contribution is -2.63. The summed E-state index contributed by atoms with van der Waals surface area (Å²) in [7, 11) is 1.97. The lowest BCUT2D eigenvalue weighted by Gasteiger charge is -2.52. The summed E-state index contributed by atoms with van der Waals surface area (Å²) >= 11 is 0. The smallest absolute Gasteiger partial charge is 0.192 e. The van der Waals surface area contributed by atoms with Gasteiger partial charge in [-0.3, -0.25) is 0 Å². The number of hydrogen-bond donors (Lipinski definition) is 2. The maximum atomic E-state index is 6.12. The SMILES string of the molecule is CCCCOC1CC(NC(=NCc2nnc(C)n2C)NC(C)c2ccccc2)C1(C)C. The van der Waals surface area contributed by atoms with E-state index in [9.17, 15) is 0 Å². The van der Waals surface area contributed by atoms with Crippen LogP contribution in [-0.2, 0) is 18.3 Å². The van der Waals surface area contributed by atoms with E-state index in [0.29, 0.717) is 12.6 Å². The molecule has 1 heterocycles. The Morgan fingerprint density at radius 2 is 2.03 bits per heavy atom. The van der Waals surface area contributed by atoms with Crippen LogP contribution in [0.15, 0.2) is 35.3 Å². The standard InChI is InChI=1S/C24H38N6O/c1-7-8-14-31-21-15-20(24(21,4)5)27-23(25-16-22-29-28-18(3)30(22)6)26-17(2)19-12-10-9-11-13-19/h9-13,17,20-21H,7-8,14-16H2,1-6H3,(H2,25,26,27). The quantitative estimate of drug-likeness (QED) is 0.361. The predicted molar refractivity (Wildman–Crippen MR) is 125 cm³/mol. The lowest BCUT2D eigenvalue weighted by atomic mass is 9.64. The number of nitrogens with zero attached hydrogens (tertiary/aromatic N) is 4. The zero-order chi connectivity index (χ0) is 22.4. The number of ether oxygens (including phenoxy) is 1. The maximum absolute atomic E-state index is 6.12. The molecule has 170 valence electrons. The van der Waals surface area contributed by atoms with Crippen LogP contribution in [0.25, 0.3) is 0 Å². The molecule has 1 aromatic carbocycles. The number of aryl methyl sites for hydroxylation is 1. The fourth-order valence-electron chi connectivity index (χ4n) is 3.85. The Morgan fingerprint density at radius 1 is 1.29 bits per heavy atom. The van der Waals surface area contributed by atoms with Gasteiger partial charge in [0.15, 0.2) is 11.8 Å². The molecule has 0 aliphatic heterocycles. The number of unbranched alkanes of at least 4 members (excludes halogenated alkanes) is 1. The van der Waals surface area contributed by atoms with Crippen molar-refractivity contribution in [1.29, 1.82) is 0 Å². The van der Waals surface area contributed by atoms with Crippen molar-refractivity contribution in [2.24, 2.45) is 17.5 Å². The molecule has 1 fully saturated rings. The van der Waals surface area contributed by atoms with Gasteiger partial charge < -0.3 is 19.9 Å². The summed E-state index contributed by atoms with van der Waals surface area (Å²) in [5.41, 5.74) is 1.27. The summed E-state index contributed by atoms with van der Waals surface area (Å²) in [5, 5.41) is 15.6. The second kappa shape index (κ2) is 10.3. The Morgan fingerprint density at radius 3 is 2.65 bits per heavy atom. The van der Waals surface area contributed by atoms with E-state index in [-0.39, 0.29) is 17.6 Å². The molecule has 1 aliphatic carbocycles. The van der Waals surface area contributed by atoms with Crippen LogP contribution in [0, 0.1) is 12.3 Å². The van der Waals surface area contributed by atoms with E-state index in [0.717, 1.165) is 43.5 Å². The minimum absolute atomic E-state index is 0.0492. The highest BCUT2D eigenvalue weighted by Crippen LogP contribution is 2.42. The van der Waals surface area contributed by atoms with Crippen LogP contribution in [0.3, 0.4) is 0 Å². The van der Waals surface area contributed by atoms with Crippen molar-refractivity contribution in [3.8, 4) is 0 Å². The zero-order valence-corrected chi connectivity index (χ0v) is 19.9. The van der Waals surface area contributed by atoms with E-state index in [1.807, 2.05) is 24.6 Å². The van der Waals surface area contributed by atoms with Gasteiger partial charge in [-0.1, -0.05) is 57.5 Å². The third-order valence-electron chi connectivity index (χ3n) is 6.52. The highest BCUT2D eigenvalue weighted by Gasteiger charge is 2.49. The van der Waals surface area contributed by atoms with Gasteiger partial charge in [0.25, 0.3) is 0 Å². The van der Waals surface area contributed by atoms with Crippen LogP contribution in [0.1, 0.15) is 70.2 Å². The minimum atomic E-state index is 0.0492. The summed E-state index contributed by atoms with van der Waals surface area (Å²) < 4.78 is 8.10. The molecule has 7 nitrogen and oxygen atoms in total. The number of nitrogens with one attached hydrogen (secondary N) is 2. The molecule has 2 aromatic rings. The number of guanidine groups is 1. The van der Waals surface area contributed by atoms with Crippen LogP contribution in [0.4, 0.5) is 0 Å². The summed E-state index contributed by atoms with van der Waals surface area (Å²) in [6.07, 6.45) is 3.55. The maximum Gasteiger partial charge on any atom is 0.192 e. The summed E-state index contributed by atoms with van der Waals surface area (Å²) in [6.45, 7) is 12.2. The summed E-state index contributed by atoms with van der Waals surface area (Å²) in [6, 6.07) is 10.9. The fraction of sp³-hybridized carbons (Fsp3) is 0.625. The first-order chi connectivity index (χ1) is 14.8. The molecule has 3 unspecified atom stereocenters. The van der Waals surface area contributed by atoms with Crippen molar-refractivity contribution in [3.05, 3.63) is 47.5 Å². The van der Waals surface area contributed by atoms with Crippen molar-refractivity contribution < 1.29 is 4.74 Å². The van der Waals surface area contributed by atoms with Crippen LogP contribution < -0.4 is 10.6 Å². The Balaban J connectivity index is 1.70. The molecule has 0 spiro atoms. The molecule has 0 radical (unpaired) electrons. The Labute approximate surface area is 186 Å². The first-order valence-electron chi connectivity index (χ1n) is 11.4. The Kier molecular flexibility index (Phi) is 7.70. The monoisotopic (exact) mass is 426 g/mol. The second-order valence-corrected chi connectivity index (χ2v) is 9.13. The van der Waals surface area contributed by atoms with Gasteiger partial charge in [-0.2, -0.15) is 0 Å². The first-order valence-corrected chi connectivity index (χ1v) is 11.4. The molecule has 2 N–H and O–H groups in total. The van der Waals surface area contributed by atoms with E-state index < -0.39 is 0 Å². The van der Waals surface area contributed by atoms with E-state index >= 15 is 0 Å². The fourth-order valence-corrected chi connectivity index (χ4v) is 3.85. The highest BCUT2D eigenvalue weighted by atomic mass is 16.5.